The van der Waals surface area contributed by atoms with E-state index in [1.54, 1.807) is 48.5 Å². The van der Waals surface area contributed by atoms with Crippen molar-refractivity contribution < 1.29 is 9.59 Å². The molecule has 0 aliphatic carbocycles. The minimum absolute atomic E-state index is 0.0118. The Morgan fingerprint density at radius 2 is 1.85 bits per heavy atom. The third kappa shape index (κ3) is 4.25. The summed E-state index contributed by atoms with van der Waals surface area (Å²) in [5.41, 5.74) is 1.70. The molecular formula is C21H23ClN2O2. The zero-order chi connectivity index (χ0) is 18.5. The van der Waals surface area contributed by atoms with Gasteiger partial charge in [0.2, 0.25) is 0 Å². The van der Waals surface area contributed by atoms with E-state index in [0.717, 1.165) is 25.8 Å². The molecule has 1 atom stereocenters. The van der Waals surface area contributed by atoms with Crippen molar-refractivity contribution in [3.05, 3.63) is 64.7 Å². The van der Waals surface area contributed by atoms with Gasteiger partial charge >= 0.3 is 0 Å². The normalized spacial score (nSPS) is 17.0. The maximum Gasteiger partial charge on any atom is 0.255 e. The highest BCUT2D eigenvalue weighted by atomic mass is 35.5. The highest BCUT2D eigenvalue weighted by Gasteiger charge is 2.26. The van der Waals surface area contributed by atoms with Crippen LogP contribution in [-0.4, -0.2) is 29.3 Å². The van der Waals surface area contributed by atoms with Crippen LogP contribution in [0.25, 0.3) is 0 Å². The van der Waals surface area contributed by atoms with E-state index in [4.69, 9.17) is 11.6 Å². The van der Waals surface area contributed by atoms with Crippen LogP contribution in [0.15, 0.2) is 48.5 Å². The van der Waals surface area contributed by atoms with Crippen molar-refractivity contribution in [1.29, 1.82) is 0 Å². The van der Waals surface area contributed by atoms with E-state index in [-0.39, 0.29) is 11.8 Å². The van der Waals surface area contributed by atoms with E-state index in [1.807, 2.05) is 4.90 Å². The topological polar surface area (TPSA) is 49.4 Å². The number of likely N-dealkylation sites (tertiary alicyclic amines) is 1. The van der Waals surface area contributed by atoms with Crippen molar-refractivity contribution in [3.8, 4) is 0 Å². The van der Waals surface area contributed by atoms with Gasteiger partial charge in [-0.25, -0.2) is 0 Å². The smallest absolute Gasteiger partial charge is 0.255 e. The van der Waals surface area contributed by atoms with Gasteiger partial charge in [0.25, 0.3) is 11.8 Å². The molecule has 2 amide bonds. The molecule has 2 aromatic carbocycles. The number of piperidine rings is 1. The molecule has 1 N–H and O–H groups in total. The summed E-state index contributed by atoms with van der Waals surface area (Å²) in [6, 6.07) is 14.2. The highest BCUT2D eigenvalue weighted by Crippen LogP contribution is 2.22. The van der Waals surface area contributed by atoms with Gasteiger partial charge in [0.1, 0.15) is 0 Å². The minimum Gasteiger partial charge on any atom is -0.336 e. The molecule has 0 bridgehead atoms. The molecule has 2 aromatic rings. The molecule has 26 heavy (non-hydrogen) atoms. The maximum absolute atomic E-state index is 12.9. The molecule has 1 fully saturated rings. The zero-order valence-corrected chi connectivity index (χ0v) is 15.6. The van der Waals surface area contributed by atoms with Gasteiger partial charge in [-0.3, -0.25) is 9.59 Å². The molecule has 3 rings (SSSR count). The van der Waals surface area contributed by atoms with Crippen molar-refractivity contribution in [2.75, 3.05) is 11.9 Å². The van der Waals surface area contributed by atoms with Crippen LogP contribution in [0, 0.1) is 0 Å². The Hall–Kier alpha value is -2.33. The number of amides is 2. The Morgan fingerprint density at radius 1 is 1.12 bits per heavy atom. The lowest BCUT2D eigenvalue weighted by Crippen LogP contribution is -2.43. The number of rotatable bonds is 4. The largest absolute Gasteiger partial charge is 0.336 e. The predicted octanol–water partition coefficient (Wildman–Crippen LogP) is 5.00. The van der Waals surface area contributed by atoms with Gasteiger partial charge in [-0.05, 0) is 68.1 Å². The summed E-state index contributed by atoms with van der Waals surface area (Å²) in [5.74, 6) is -0.231. The SMILES string of the molecule is CCC1CCCCN1C(=O)c1cccc(C(=O)Nc2ccc(Cl)cc2)c1. The van der Waals surface area contributed by atoms with E-state index in [0.29, 0.717) is 27.9 Å². The number of hydrogen-bond donors (Lipinski definition) is 1. The molecule has 5 heteroatoms. The van der Waals surface area contributed by atoms with E-state index in [2.05, 4.69) is 12.2 Å². The fraction of sp³-hybridized carbons (Fsp3) is 0.333. The average Bonchev–Trinajstić information content (AvgIpc) is 2.69. The van der Waals surface area contributed by atoms with Crippen molar-refractivity contribution in [3.63, 3.8) is 0 Å². The lowest BCUT2D eigenvalue weighted by molar-refractivity contribution is 0.0608. The molecule has 136 valence electrons. The van der Waals surface area contributed by atoms with Crippen LogP contribution in [-0.2, 0) is 0 Å². The fourth-order valence-corrected chi connectivity index (χ4v) is 3.51. The van der Waals surface area contributed by atoms with Crippen molar-refractivity contribution in [2.45, 2.75) is 38.6 Å². The summed E-state index contributed by atoms with van der Waals surface area (Å²) in [5, 5.41) is 3.44. The second kappa shape index (κ2) is 8.37. The van der Waals surface area contributed by atoms with Crippen LogP contribution >= 0.6 is 11.6 Å². The van der Waals surface area contributed by atoms with Crippen molar-refractivity contribution in [2.24, 2.45) is 0 Å². The summed E-state index contributed by atoms with van der Waals surface area (Å²) in [4.78, 5) is 27.4. The Kier molecular flexibility index (Phi) is 5.94. The van der Waals surface area contributed by atoms with Gasteiger partial charge in [0, 0.05) is 34.4 Å². The first-order chi connectivity index (χ1) is 12.6. The van der Waals surface area contributed by atoms with Gasteiger partial charge in [-0.15, -0.1) is 0 Å². The number of nitrogens with zero attached hydrogens (tertiary/aromatic N) is 1. The first kappa shape index (κ1) is 18.5. The molecule has 1 heterocycles. The standard InChI is InChI=1S/C21H23ClN2O2/c1-2-19-8-3-4-13-24(19)21(26)16-7-5-6-15(14-16)20(25)23-18-11-9-17(22)10-12-18/h5-7,9-12,14,19H,2-4,8,13H2,1H3,(H,23,25). The molecule has 1 aliphatic rings. The summed E-state index contributed by atoms with van der Waals surface area (Å²) in [7, 11) is 0. The summed E-state index contributed by atoms with van der Waals surface area (Å²) >= 11 is 5.86. The molecule has 1 unspecified atom stereocenters. The van der Waals surface area contributed by atoms with E-state index >= 15 is 0 Å². The van der Waals surface area contributed by atoms with Crippen LogP contribution in [0.4, 0.5) is 5.69 Å². The maximum atomic E-state index is 12.9. The Labute approximate surface area is 159 Å². The highest BCUT2D eigenvalue weighted by molar-refractivity contribution is 6.30. The van der Waals surface area contributed by atoms with E-state index < -0.39 is 0 Å². The summed E-state index contributed by atoms with van der Waals surface area (Å²) in [6.45, 7) is 2.91. The Morgan fingerprint density at radius 3 is 2.58 bits per heavy atom. The minimum atomic E-state index is -0.243. The average molecular weight is 371 g/mol. The Bertz CT molecular complexity index is 789. The lowest BCUT2D eigenvalue weighted by Gasteiger charge is -2.35. The van der Waals surface area contributed by atoms with Gasteiger partial charge in [0.05, 0.1) is 0 Å². The number of benzene rings is 2. The predicted molar refractivity (Wildman–Crippen MR) is 105 cm³/mol. The van der Waals surface area contributed by atoms with Crippen LogP contribution < -0.4 is 5.32 Å². The molecule has 0 aromatic heterocycles. The third-order valence-corrected chi connectivity index (χ3v) is 5.09. The number of carbonyl (C=O) groups is 2. The van der Waals surface area contributed by atoms with Crippen molar-refractivity contribution in [1.82, 2.24) is 4.90 Å². The molecule has 4 nitrogen and oxygen atoms in total. The van der Waals surface area contributed by atoms with E-state index in [1.165, 1.54) is 6.42 Å². The lowest BCUT2D eigenvalue weighted by atomic mass is 9.98. The second-order valence-electron chi connectivity index (χ2n) is 6.60. The van der Waals surface area contributed by atoms with Crippen LogP contribution in [0.2, 0.25) is 5.02 Å². The van der Waals surface area contributed by atoms with Crippen LogP contribution in [0.5, 0.6) is 0 Å². The quantitative estimate of drug-likeness (QED) is 0.823. The number of carbonyl (C=O) groups excluding carboxylic acids is 2. The zero-order valence-electron chi connectivity index (χ0n) is 14.9. The van der Waals surface area contributed by atoms with Gasteiger partial charge in [-0.1, -0.05) is 24.6 Å². The van der Waals surface area contributed by atoms with E-state index in [9.17, 15) is 9.59 Å². The van der Waals surface area contributed by atoms with Crippen LogP contribution in [0.1, 0.15) is 53.3 Å². The van der Waals surface area contributed by atoms with Gasteiger partial charge in [-0.2, -0.15) is 0 Å². The first-order valence-electron chi connectivity index (χ1n) is 9.06. The molecule has 0 saturated carbocycles. The molecule has 0 spiro atoms. The number of nitrogens with one attached hydrogen (secondary N) is 1. The summed E-state index contributed by atoms with van der Waals surface area (Å²) in [6.07, 6.45) is 4.23. The van der Waals surface area contributed by atoms with Gasteiger partial charge in [0.15, 0.2) is 0 Å². The molecular weight excluding hydrogens is 348 g/mol. The van der Waals surface area contributed by atoms with Crippen LogP contribution in [0.3, 0.4) is 0 Å². The number of anilines is 1. The number of hydrogen-bond acceptors (Lipinski definition) is 2. The van der Waals surface area contributed by atoms with Gasteiger partial charge < -0.3 is 10.2 Å². The molecule has 1 aliphatic heterocycles. The summed E-state index contributed by atoms with van der Waals surface area (Å²) < 4.78 is 0. The third-order valence-electron chi connectivity index (χ3n) is 4.83. The fourth-order valence-electron chi connectivity index (χ4n) is 3.39. The van der Waals surface area contributed by atoms with Crippen molar-refractivity contribution >= 4 is 29.1 Å². The first-order valence-corrected chi connectivity index (χ1v) is 9.44. The molecule has 0 radical (unpaired) electrons. The number of halogens is 1. The molecule has 1 saturated heterocycles. The second-order valence-corrected chi connectivity index (χ2v) is 7.03. The monoisotopic (exact) mass is 370 g/mol. The Balaban J connectivity index is 1.75.